The Kier molecular flexibility index (Phi) is 6.70. The number of rotatable bonds is 7. The molecule has 0 saturated heterocycles. The van der Waals surface area contributed by atoms with Crippen molar-refractivity contribution in [3.05, 3.63) is 48.0 Å². The highest BCUT2D eigenvalue weighted by molar-refractivity contribution is 5.98. The van der Waals surface area contributed by atoms with Gasteiger partial charge in [0, 0.05) is 11.3 Å². The summed E-state index contributed by atoms with van der Waals surface area (Å²) in [6.07, 6.45) is 2.20. The summed E-state index contributed by atoms with van der Waals surface area (Å²) in [6.45, 7) is 1.94. The van der Waals surface area contributed by atoms with E-state index in [0.717, 1.165) is 6.08 Å². The maximum Gasteiger partial charge on any atom is 0.360 e. The second-order valence-corrected chi connectivity index (χ2v) is 5.03. The van der Waals surface area contributed by atoms with Crippen LogP contribution in [0.5, 0.6) is 0 Å². The smallest absolute Gasteiger partial charge is 0.360 e. The summed E-state index contributed by atoms with van der Waals surface area (Å²) in [5.74, 6) is -1.76. The van der Waals surface area contributed by atoms with Crippen LogP contribution in [0.25, 0.3) is 11.5 Å². The average molecular weight is 374 g/mol. The summed E-state index contributed by atoms with van der Waals surface area (Å²) < 4.78 is 19.3. The maximum absolute atomic E-state index is 11.7. The molecule has 0 fully saturated rings. The first-order valence-electron chi connectivity index (χ1n) is 7.86. The Morgan fingerprint density at radius 1 is 1.15 bits per heavy atom. The molecule has 9 heteroatoms. The number of oxazole rings is 1. The van der Waals surface area contributed by atoms with Gasteiger partial charge in [0.15, 0.2) is 5.69 Å². The van der Waals surface area contributed by atoms with E-state index in [-0.39, 0.29) is 23.9 Å². The SMILES string of the molecule is CCOC(=O)c1coc(-c2ccc(N/C(=C/C(=O)OC)C(=O)OC)cc2)n1. The predicted octanol–water partition coefficient (Wildman–Crippen LogP) is 2.16. The summed E-state index contributed by atoms with van der Waals surface area (Å²) in [5.41, 5.74) is 1.10. The van der Waals surface area contributed by atoms with Crippen LogP contribution in [0.2, 0.25) is 0 Å². The molecule has 142 valence electrons. The third-order valence-corrected chi connectivity index (χ3v) is 3.27. The van der Waals surface area contributed by atoms with Crippen molar-refractivity contribution in [2.75, 3.05) is 26.1 Å². The standard InChI is InChI=1S/C18H18N2O7/c1-4-26-18(23)14-10-27-16(20-14)11-5-7-12(8-6-11)19-13(17(22)25-3)9-15(21)24-2/h5-10,19H,4H2,1-3H3/b13-9+. The molecule has 0 aliphatic rings. The summed E-state index contributed by atoms with van der Waals surface area (Å²) in [7, 11) is 2.39. The molecule has 0 aliphatic carbocycles. The normalized spacial score (nSPS) is 10.9. The third kappa shape index (κ3) is 5.18. The van der Waals surface area contributed by atoms with E-state index in [1.54, 1.807) is 31.2 Å². The molecule has 27 heavy (non-hydrogen) atoms. The van der Waals surface area contributed by atoms with E-state index in [2.05, 4.69) is 19.8 Å². The fourth-order valence-corrected chi connectivity index (χ4v) is 1.99. The van der Waals surface area contributed by atoms with Crippen molar-refractivity contribution in [1.29, 1.82) is 0 Å². The van der Waals surface area contributed by atoms with Gasteiger partial charge in [-0.25, -0.2) is 19.4 Å². The van der Waals surface area contributed by atoms with Crippen LogP contribution in [0, 0.1) is 0 Å². The molecule has 0 unspecified atom stereocenters. The number of aromatic nitrogens is 1. The van der Waals surface area contributed by atoms with Gasteiger partial charge < -0.3 is 23.9 Å². The quantitative estimate of drug-likeness (QED) is 0.442. The van der Waals surface area contributed by atoms with Crippen LogP contribution in [0.15, 0.2) is 46.7 Å². The molecular weight excluding hydrogens is 356 g/mol. The number of methoxy groups -OCH3 is 2. The molecule has 1 heterocycles. The van der Waals surface area contributed by atoms with Gasteiger partial charge in [0.05, 0.1) is 26.9 Å². The molecule has 1 N–H and O–H groups in total. The number of anilines is 1. The second kappa shape index (κ2) is 9.18. The number of carbonyl (C=O) groups is 3. The van der Waals surface area contributed by atoms with Crippen molar-refractivity contribution < 1.29 is 33.0 Å². The average Bonchev–Trinajstić information content (AvgIpc) is 3.17. The Hall–Kier alpha value is -3.62. The van der Waals surface area contributed by atoms with Crippen LogP contribution in [0.4, 0.5) is 5.69 Å². The van der Waals surface area contributed by atoms with Crippen LogP contribution < -0.4 is 5.32 Å². The van der Waals surface area contributed by atoms with E-state index in [1.165, 1.54) is 20.5 Å². The van der Waals surface area contributed by atoms with Crippen molar-refractivity contribution in [2.24, 2.45) is 0 Å². The molecule has 9 nitrogen and oxygen atoms in total. The fourth-order valence-electron chi connectivity index (χ4n) is 1.99. The molecule has 0 atom stereocenters. The predicted molar refractivity (Wildman–Crippen MR) is 93.6 cm³/mol. The van der Waals surface area contributed by atoms with Crippen LogP contribution in [0.3, 0.4) is 0 Å². The van der Waals surface area contributed by atoms with Gasteiger partial charge in [0.2, 0.25) is 5.89 Å². The molecule has 0 radical (unpaired) electrons. The highest BCUT2D eigenvalue weighted by Crippen LogP contribution is 2.22. The molecule has 0 bridgehead atoms. The number of ether oxygens (including phenoxy) is 3. The minimum absolute atomic E-state index is 0.0723. The molecule has 1 aromatic heterocycles. The zero-order valence-electron chi connectivity index (χ0n) is 15.0. The maximum atomic E-state index is 11.7. The van der Waals surface area contributed by atoms with E-state index in [0.29, 0.717) is 11.3 Å². The Bertz CT molecular complexity index is 853. The van der Waals surface area contributed by atoms with Gasteiger partial charge >= 0.3 is 17.9 Å². The number of hydrogen-bond acceptors (Lipinski definition) is 9. The molecule has 2 rings (SSSR count). The number of esters is 3. The number of nitrogens with zero attached hydrogens (tertiary/aromatic N) is 1. The lowest BCUT2D eigenvalue weighted by Gasteiger charge is -2.09. The van der Waals surface area contributed by atoms with Gasteiger partial charge in [-0.15, -0.1) is 0 Å². The number of nitrogens with one attached hydrogen (secondary N) is 1. The van der Waals surface area contributed by atoms with E-state index in [1.807, 2.05) is 0 Å². The van der Waals surface area contributed by atoms with Crippen LogP contribution in [0.1, 0.15) is 17.4 Å². The molecule has 0 spiro atoms. The van der Waals surface area contributed by atoms with Crippen molar-refractivity contribution in [2.45, 2.75) is 6.92 Å². The highest BCUT2D eigenvalue weighted by atomic mass is 16.5. The highest BCUT2D eigenvalue weighted by Gasteiger charge is 2.15. The monoisotopic (exact) mass is 374 g/mol. The molecule has 1 aromatic carbocycles. The first-order chi connectivity index (χ1) is 13.0. The van der Waals surface area contributed by atoms with E-state index >= 15 is 0 Å². The van der Waals surface area contributed by atoms with Crippen molar-refractivity contribution in [3.8, 4) is 11.5 Å². The largest absolute Gasteiger partial charge is 0.466 e. The zero-order valence-corrected chi connectivity index (χ0v) is 15.0. The number of hydrogen-bond donors (Lipinski definition) is 1. The molecular formula is C18H18N2O7. The molecule has 0 amide bonds. The van der Waals surface area contributed by atoms with Gasteiger partial charge in [-0.05, 0) is 31.2 Å². The van der Waals surface area contributed by atoms with Gasteiger partial charge in [-0.3, -0.25) is 0 Å². The van der Waals surface area contributed by atoms with Crippen LogP contribution >= 0.6 is 0 Å². The van der Waals surface area contributed by atoms with Crippen molar-refractivity contribution in [1.82, 2.24) is 4.98 Å². The number of carbonyl (C=O) groups excluding carboxylic acids is 3. The zero-order chi connectivity index (χ0) is 19.8. The Morgan fingerprint density at radius 2 is 1.85 bits per heavy atom. The lowest BCUT2D eigenvalue weighted by atomic mass is 10.2. The lowest BCUT2D eigenvalue weighted by molar-refractivity contribution is -0.138. The van der Waals surface area contributed by atoms with E-state index in [4.69, 9.17) is 9.15 Å². The lowest BCUT2D eigenvalue weighted by Crippen LogP contribution is -2.15. The van der Waals surface area contributed by atoms with Gasteiger partial charge in [0.25, 0.3) is 0 Å². The van der Waals surface area contributed by atoms with Gasteiger partial charge in [0.1, 0.15) is 12.0 Å². The first kappa shape index (κ1) is 19.7. The Labute approximate surface area is 154 Å². The summed E-state index contributed by atoms with van der Waals surface area (Å²) in [5, 5.41) is 2.77. The van der Waals surface area contributed by atoms with Crippen molar-refractivity contribution >= 4 is 23.6 Å². The summed E-state index contributed by atoms with van der Waals surface area (Å²) >= 11 is 0. The Balaban J connectivity index is 2.16. The minimum atomic E-state index is -0.726. The summed E-state index contributed by atoms with van der Waals surface area (Å²) in [6, 6.07) is 6.60. The van der Waals surface area contributed by atoms with E-state index < -0.39 is 17.9 Å². The van der Waals surface area contributed by atoms with Crippen LogP contribution in [-0.4, -0.2) is 43.7 Å². The minimum Gasteiger partial charge on any atom is -0.466 e. The molecule has 2 aromatic rings. The Morgan fingerprint density at radius 3 is 2.44 bits per heavy atom. The van der Waals surface area contributed by atoms with Crippen LogP contribution in [-0.2, 0) is 23.8 Å². The van der Waals surface area contributed by atoms with E-state index in [9.17, 15) is 14.4 Å². The van der Waals surface area contributed by atoms with Gasteiger partial charge in [-0.2, -0.15) is 0 Å². The molecule has 0 aliphatic heterocycles. The first-order valence-corrected chi connectivity index (χ1v) is 7.86. The van der Waals surface area contributed by atoms with Crippen molar-refractivity contribution in [3.63, 3.8) is 0 Å². The van der Waals surface area contributed by atoms with Gasteiger partial charge in [-0.1, -0.05) is 0 Å². The fraction of sp³-hybridized carbons (Fsp3) is 0.222. The summed E-state index contributed by atoms with van der Waals surface area (Å²) in [4.78, 5) is 38.8. The number of benzene rings is 1. The third-order valence-electron chi connectivity index (χ3n) is 3.27. The topological polar surface area (TPSA) is 117 Å². The second-order valence-electron chi connectivity index (χ2n) is 5.03. The molecule has 0 saturated carbocycles.